The Morgan fingerprint density at radius 3 is 2.42 bits per heavy atom. The van der Waals surface area contributed by atoms with Crippen LogP contribution >= 0.6 is 0 Å². The number of nitrogens with two attached hydrogens (primary N) is 1. The highest BCUT2D eigenvalue weighted by Crippen LogP contribution is 2.27. The van der Waals surface area contributed by atoms with E-state index in [9.17, 15) is 8.42 Å². The molecule has 0 saturated heterocycles. The molecule has 0 saturated carbocycles. The summed E-state index contributed by atoms with van der Waals surface area (Å²) in [6, 6.07) is 10.5. The molecule has 0 aliphatic heterocycles. The molecule has 0 bridgehead atoms. The molecular formula is C14H18N2O2S. The zero-order valence-corrected chi connectivity index (χ0v) is 11.9. The van der Waals surface area contributed by atoms with Crippen molar-refractivity contribution in [2.45, 2.75) is 18.7 Å². The van der Waals surface area contributed by atoms with Gasteiger partial charge < -0.3 is 5.73 Å². The van der Waals surface area contributed by atoms with Crippen LogP contribution in [0.25, 0.3) is 10.8 Å². The number of hydrogen-bond acceptors (Lipinski definition) is 3. The zero-order chi connectivity index (χ0) is 14.0. The number of nitrogens with zero attached hydrogens (tertiary/aromatic N) is 1. The van der Waals surface area contributed by atoms with Crippen LogP contribution < -0.4 is 5.73 Å². The smallest absolute Gasteiger partial charge is 0.243 e. The van der Waals surface area contributed by atoms with Crippen LogP contribution in [-0.2, 0) is 10.0 Å². The summed E-state index contributed by atoms with van der Waals surface area (Å²) in [5.41, 5.74) is 6.36. The highest BCUT2D eigenvalue weighted by atomic mass is 32.2. The van der Waals surface area contributed by atoms with Crippen molar-refractivity contribution in [2.24, 2.45) is 0 Å². The highest BCUT2D eigenvalue weighted by Gasteiger charge is 2.23. The van der Waals surface area contributed by atoms with E-state index in [1.807, 2.05) is 19.9 Å². The van der Waals surface area contributed by atoms with E-state index in [0.29, 0.717) is 29.1 Å². The average molecular weight is 278 g/mol. The topological polar surface area (TPSA) is 63.4 Å². The summed E-state index contributed by atoms with van der Waals surface area (Å²) < 4.78 is 26.6. The fourth-order valence-electron chi connectivity index (χ4n) is 2.20. The molecule has 0 amide bonds. The normalized spacial score (nSPS) is 12.2. The number of sulfonamides is 1. The molecule has 0 aliphatic rings. The van der Waals surface area contributed by atoms with E-state index in [1.54, 1.807) is 30.3 Å². The summed E-state index contributed by atoms with van der Waals surface area (Å²) in [6.07, 6.45) is 0. The molecule has 102 valence electrons. The van der Waals surface area contributed by atoms with Gasteiger partial charge in [-0.3, -0.25) is 0 Å². The Hall–Kier alpha value is -1.59. The minimum absolute atomic E-state index is 0.341. The van der Waals surface area contributed by atoms with Crippen LogP contribution in [0, 0.1) is 0 Å². The van der Waals surface area contributed by atoms with Crippen LogP contribution in [0.3, 0.4) is 0 Å². The first kappa shape index (κ1) is 13.8. The number of nitrogen functional groups attached to an aromatic ring is 1. The van der Waals surface area contributed by atoms with Crippen molar-refractivity contribution in [1.82, 2.24) is 4.31 Å². The minimum atomic E-state index is -3.45. The van der Waals surface area contributed by atoms with E-state index in [4.69, 9.17) is 5.73 Å². The van der Waals surface area contributed by atoms with Crippen molar-refractivity contribution in [1.29, 1.82) is 0 Å². The third-order valence-electron chi connectivity index (χ3n) is 3.19. The molecule has 4 nitrogen and oxygen atoms in total. The summed E-state index contributed by atoms with van der Waals surface area (Å²) in [5, 5.41) is 1.55. The summed E-state index contributed by atoms with van der Waals surface area (Å²) in [4.78, 5) is 0.341. The van der Waals surface area contributed by atoms with Crippen LogP contribution in [0.15, 0.2) is 41.3 Å². The van der Waals surface area contributed by atoms with Gasteiger partial charge in [0.2, 0.25) is 10.0 Å². The molecule has 2 aromatic carbocycles. The van der Waals surface area contributed by atoms with Gasteiger partial charge in [0.15, 0.2) is 0 Å². The lowest BCUT2D eigenvalue weighted by Crippen LogP contribution is -2.30. The number of rotatable bonds is 4. The molecule has 5 heteroatoms. The molecule has 0 radical (unpaired) electrons. The summed E-state index contributed by atoms with van der Waals surface area (Å²) in [7, 11) is -3.45. The van der Waals surface area contributed by atoms with Crippen LogP contribution in [0.1, 0.15) is 13.8 Å². The lowest BCUT2D eigenvalue weighted by Gasteiger charge is -2.19. The Bertz CT molecular complexity index is 692. The van der Waals surface area contributed by atoms with Gasteiger partial charge in [-0.15, -0.1) is 0 Å². The van der Waals surface area contributed by atoms with Gasteiger partial charge in [0, 0.05) is 24.2 Å². The van der Waals surface area contributed by atoms with Gasteiger partial charge in [-0.2, -0.15) is 4.31 Å². The third kappa shape index (κ3) is 2.43. The van der Waals surface area contributed by atoms with Gasteiger partial charge in [-0.25, -0.2) is 8.42 Å². The van der Waals surface area contributed by atoms with Crippen molar-refractivity contribution in [2.75, 3.05) is 18.8 Å². The maximum atomic E-state index is 12.6. The third-order valence-corrected chi connectivity index (χ3v) is 5.30. The van der Waals surface area contributed by atoms with Gasteiger partial charge in [0.1, 0.15) is 0 Å². The molecule has 0 aliphatic carbocycles. The predicted octanol–water partition coefficient (Wildman–Crippen LogP) is 2.45. The van der Waals surface area contributed by atoms with Crippen molar-refractivity contribution >= 4 is 26.5 Å². The molecule has 0 aromatic heterocycles. The van der Waals surface area contributed by atoms with E-state index < -0.39 is 10.0 Å². The van der Waals surface area contributed by atoms with Gasteiger partial charge in [-0.1, -0.05) is 32.0 Å². The van der Waals surface area contributed by atoms with Gasteiger partial charge in [0.05, 0.1) is 4.90 Å². The number of fused-ring (bicyclic) bond motifs is 1. The van der Waals surface area contributed by atoms with Crippen LogP contribution in [0.5, 0.6) is 0 Å². The molecule has 0 fully saturated rings. The molecule has 0 heterocycles. The van der Waals surface area contributed by atoms with Crippen molar-refractivity contribution < 1.29 is 8.42 Å². The lowest BCUT2D eigenvalue weighted by molar-refractivity contribution is 0.446. The van der Waals surface area contributed by atoms with Crippen LogP contribution in [-0.4, -0.2) is 25.8 Å². The molecule has 2 aromatic rings. The maximum Gasteiger partial charge on any atom is 0.243 e. The first-order valence-electron chi connectivity index (χ1n) is 6.29. The second-order valence-corrected chi connectivity index (χ2v) is 6.23. The fourth-order valence-corrected chi connectivity index (χ4v) is 3.87. The molecule has 2 rings (SSSR count). The quantitative estimate of drug-likeness (QED) is 0.874. The largest absolute Gasteiger partial charge is 0.399 e. The van der Waals surface area contributed by atoms with Gasteiger partial charge in [0.25, 0.3) is 0 Å². The summed E-state index contributed by atoms with van der Waals surface area (Å²) in [6.45, 7) is 4.60. The highest BCUT2D eigenvalue weighted by molar-refractivity contribution is 7.89. The van der Waals surface area contributed by atoms with Crippen LogP contribution in [0.2, 0.25) is 0 Å². The van der Waals surface area contributed by atoms with Crippen molar-refractivity contribution in [3.63, 3.8) is 0 Å². The Labute approximate surface area is 113 Å². The second-order valence-electron chi connectivity index (χ2n) is 4.33. The predicted molar refractivity (Wildman–Crippen MR) is 78.5 cm³/mol. The number of benzene rings is 2. The van der Waals surface area contributed by atoms with Gasteiger partial charge >= 0.3 is 0 Å². The monoisotopic (exact) mass is 278 g/mol. The van der Waals surface area contributed by atoms with Crippen molar-refractivity contribution in [3.05, 3.63) is 36.4 Å². The molecular weight excluding hydrogens is 260 g/mol. The van der Waals surface area contributed by atoms with Gasteiger partial charge in [-0.05, 0) is 23.6 Å². The average Bonchev–Trinajstić information content (AvgIpc) is 2.38. The molecule has 2 N–H and O–H groups in total. The number of anilines is 1. The molecule has 0 unspecified atom stereocenters. The Kier molecular flexibility index (Phi) is 3.78. The van der Waals surface area contributed by atoms with E-state index in [2.05, 4.69) is 0 Å². The maximum absolute atomic E-state index is 12.6. The number of hydrogen-bond donors (Lipinski definition) is 1. The lowest BCUT2D eigenvalue weighted by atomic mass is 10.1. The van der Waals surface area contributed by atoms with E-state index in [1.165, 1.54) is 4.31 Å². The first-order chi connectivity index (χ1) is 9.00. The zero-order valence-electron chi connectivity index (χ0n) is 11.1. The Balaban J connectivity index is 2.69. The molecule has 0 spiro atoms. The Morgan fingerprint density at radius 2 is 1.79 bits per heavy atom. The van der Waals surface area contributed by atoms with Crippen LogP contribution in [0.4, 0.5) is 5.69 Å². The first-order valence-corrected chi connectivity index (χ1v) is 7.73. The van der Waals surface area contributed by atoms with E-state index in [0.717, 1.165) is 5.39 Å². The fraction of sp³-hybridized carbons (Fsp3) is 0.286. The van der Waals surface area contributed by atoms with E-state index in [-0.39, 0.29) is 0 Å². The van der Waals surface area contributed by atoms with Crippen molar-refractivity contribution in [3.8, 4) is 0 Å². The summed E-state index contributed by atoms with van der Waals surface area (Å²) >= 11 is 0. The standard InChI is InChI=1S/C14H18N2O2S/c1-3-16(4-2)19(17,18)14-7-5-6-11-10-12(15)8-9-13(11)14/h5-10H,3-4,15H2,1-2H3. The second kappa shape index (κ2) is 5.19. The SMILES string of the molecule is CCN(CC)S(=O)(=O)c1cccc2cc(N)ccc12. The summed E-state index contributed by atoms with van der Waals surface area (Å²) in [5.74, 6) is 0. The Morgan fingerprint density at radius 1 is 1.11 bits per heavy atom. The minimum Gasteiger partial charge on any atom is -0.399 e. The van der Waals surface area contributed by atoms with E-state index >= 15 is 0 Å². The molecule has 19 heavy (non-hydrogen) atoms. The molecule has 0 atom stereocenters.